The summed E-state index contributed by atoms with van der Waals surface area (Å²) in [4.78, 5) is 20.9. The van der Waals surface area contributed by atoms with Crippen molar-refractivity contribution in [1.29, 1.82) is 0 Å². The average Bonchev–Trinajstić information content (AvgIpc) is 3.59. The van der Waals surface area contributed by atoms with Crippen LogP contribution in [0.2, 0.25) is 0 Å². The number of carbonyl (C=O) groups excluding carboxylic acids is 1. The van der Waals surface area contributed by atoms with Crippen molar-refractivity contribution in [1.82, 2.24) is 14.9 Å². The van der Waals surface area contributed by atoms with E-state index in [-0.39, 0.29) is 5.97 Å². The number of nitrogens with zero attached hydrogens (tertiary/aromatic N) is 1. The molecule has 4 aromatic rings. The number of esters is 1. The van der Waals surface area contributed by atoms with Crippen molar-refractivity contribution in [2.75, 3.05) is 13.7 Å². The fraction of sp³-hybridized carbons (Fsp3) is 0.276. The molecule has 1 unspecified atom stereocenters. The van der Waals surface area contributed by atoms with Crippen LogP contribution in [-0.2, 0) is 28.9 Å². The van der Waals surface area contributed by atoms with Crippen molar-refractivity contribution in [3.05, 3.63) is 101 Å². The predicted molar refractivity (Wildman–Crippen MR) is 136 cm³/mol. The first-order chi connectivity index (χ1) is 16.6. The lowest BCUT2D eigenvalue weighted by atomic mass is 10.0. The first kappa shape index (κ1) is 22.2. The van der Waals surface area contributed by atoms with Gasteiger partial charge in [-0.25, -0.2) is 4.79 Å². The van der Waals surface area contributed by atoms with E-state index in [9.17, 15) is 4.79 Å². The van der Waals surface area contributed by atoms with E-state index < -0.39 is 0 Å². The lowest BCUT2D eigenvalue weighted by molar-refractivity contribution is -0.134. The SMILES string of the molecule is COC(=O)/C=C/c1ccc2c(c1)CCC2N(CCc1c[nH]c2cc(C)ccc12)Cc1ccc[nH]1. The third-order valence-electron chi connectivity index (χ3n) is 6.89. The van der Waals surface area contributed by atoms with Crippen molar-refractivity contribution in [2.45, 2.75) is 38.8 Å². The van der Waals surface area contributed by atoms with Gasteiger partial charge in [0.1, 0.15) is 0 Å². The Labute approximate surface area is 200 Å². The molecular weight excluding hydrogens is 422 g/mol. The molecule has 5 heteroatoms. The number of aryl methyl sites for hydroxylation is 2. The van der Waals surface area contributed by atoms with Gasteiger partial charge in [-0.15, -0.1) is 0 Å². The van der Waals surface area contributed by atoms with Crippen LogP contribution >= 0.6 is 0 Å². The Morgan fingerprint density at radius 2 is 2.09 bits per heavy atom. The maximum atomic E-state index is 11.5. The fourth-order valence-electron chi connectivity index (χ4n) is 5.13. The Balaban J connectivity index is 1.37. The zero-order valence-electron chi connectivity index (χ0n) is 19.8. The quantitative estimate of drug-likeness (QED) is 0.265. The number of carbonyl (C=O) groups is 1. The molecule has 1 aliphatic rings. The number of hydrogen-bond acceptors (Lipinski definition) is 3. The Hall–Kier alpha value is -3.57. The number of nitrogens with one attached hydrogen (secondary N) is 2. The van der Waals surface area contributed by atoms with Crippen LogP contribution in [0.15, 0.2) is 67.0 Å². The fourth-order valence-corrected chi connectivity index (χ4v) is 5.13. The highest BCUT2D eigenvalue weighted by atomic mass is 16.5. The molecule has 1 aliphatic carbocycles. The number of rotatable bonds is 8. The number of aromatic amines is 2. The largest absolute Gasteiger partial charge is 0.466 e. The van der Waals surface area contributed by atoms with Gasteiger partial charge >= 0.3 is 5.97 Å². The van der Waals surface area contributed by atoms with E-state index in [0.29, 0.717) is 6.04 Å². The smallest absolute Gasteiger partial charge is 0.330 e. The molecule has 0 amide bonds. The monoisotopic (exact) mass is 453 g/mol. The maximum absolute atomic E-state index is 11.5. The van der Waals surface area contributed by atoms with Crippen molar-refractivity contribution in [3.63, 3.8) is 0 Å². The highest BCUT2D eigenvalue weighted by Gasteiger charge is 2.28. The number of ether oxygens (including phenoxy) is 1. The van der Waals surface area contributed by atoms with E-state index >= 15 is 0 Å². The summed E-state index contributed by atoms with van der Waals surface area (Å²) in [6.07, 6.45) is 10.6. The number of benzene rings is 2. The minimum absolute atomic E-state index is 0.331. The van der Waals surface area contributed by atoms with Crippen molar-refractivity contribution in [3.8, 4) is 0 Å². The van der Waals surface area contributed by atoms with E-state index in [1.165, 1.54) is 52.0 Å². The summed E-state index contributed by atoms with van der Waals surface area (Å²) in [6.45, 7) is 4.00. The molecule has 0 bridgehead atoms. The summed E-state index contributed by atoms with van der Waals surface area (Å²) in [5.41, 5.74) is 8.90. The minimum Gasteiger partial charge on any atom is -0.466 e. The van der Waals surface area contributed by atoms with Gasteiger partial charge in [0.15, 0.2) is 0 Å². The van der Waals surface area contributed by atoms with Crippen molar-refractivity contribution in [2.24, 2.45) is 0 Å². The number of fused-ring (bicyclic) bond motifs is 2. The molecule has 34 heavy (non-hydrogen) atoms. The van der Waals surface area contributed by atoms with Crippen molar-refractivity contribution < 1.29 is 9.53 Å². The predicted octanol–water partition coefficient (Wildman–Crippen LogP) is 5.72. The van der Waals surface area contributed by atoms with Gasteiger partial charge < -0.3 is 14.7 Å². The molecule has 2 heterocycles. The van der Waals surface area contributed by atoms with E-state index in [1.807, 2.05) is 12.3 Å². The zero-order chi connectivity index (χ0) is 23.5. The van der Waals surface area contributed by atoms with Gasteiger partial charge in [-0.2, -0.15) is 0 Å². The molecule has 0 saturated heterocycles. The molecule has 5 nitrogen and oxygen atoms in total. The molecule has 2 aromatic heterocycles. The normalized spacial score (nSPS) is 15.4. The first-order valence-electron chi connectivity index (χ1n) is 11.9. The highest BCUT2D eigenvalue weighted by molar-refractivity contribution is 5.87. The molecule has 2 N–H and O–H groups in total. The molecule has 0 aliphatic heterocycles. The molecule has 5 rings (SSSR count). The summed E-state index contributed by atoms with van der Waals surface area (Å²) in [5.74, 6) is -0.331. The van der Waals surface area contributed by atoms with Crippen molar-refractivity contribution >= 4 is 22.9 Å². The second-order valence-corrected chi connectivity index (χ2v) is 9.15. The van der Waals surface area contributed by atoms with Crippen LogP contribution in [0.25, 0.3) is 17.0 Å². The van der Waals surface area contributed by atoms with Gasteiger partial charge in [0.2, 0.25) is 0 Å². The summed E-state index contributed by atoms with van der Waals surface area (Å²) in [6, 6.07) is 17.8. The summed E-state index contributed by atoms with van der Waals surface area (Å²) >= 11 is 0. The van der Waals surface area contributed by atoms with Crippen LogP contribution in [0.4, 0.5) is 0 Å². The van der Waals surface area contributed by atoms with Gasteiger partial charge in [0.05, 0.1) is 7.11 Å². The highest BCUT2D eigenvalue weighted by Crippen LogP contribution is 2.37. The second-order valence-electron chi connectivity index (χ2n) is 9.15. The standard InChI is InChI=1S/C29H31N3O2/c1-20-5-9-25-23(18-31-27(25)16-20)13-15-32(19-24-4-3-14-30-24)28-11-8-22-17-21(6-10-26(22)28)7-12-29(33)34-2/h3-7,9-10,12,14,16-18,28,30-31H,8,11,13,15,19H2,1-2H3/b12-7+. The minimum atomic E-state index is -0.331. The van der Waals surface area contributed by atoms with E-state index in [0.717, 1.165) is 37.9 Å². The summed E-state index contributed by atoms with van der Waals surface area (Å²) in [5, 5.41) is 1.32. The summed E-state index contributed by atoms with van der Waals surface area (Å²) < 4.78 is 4.72. The average molecular weight is 454 g/mol. The molecule has 0 radical (unpaired) electrons. The second kappa shape index (κ2) is 9.74. The number of H-pyrrole nitrogens is 2. The van der Waals surface area contributed by atoms with E-state index in [2.05, 4.69) is 76.5 Å². The van der Waals surface area contributed by atoms with Crippen LogP contribution in [0, 0.1) is 6.92 Å². The first-order valence-corrected chi connectivity index (χ1v) is 11.9. The Morgan fingerprint density at radius 3 is 2.91 bits per heavy atom. The summed E-state index contributed by atoms with van der Waals surface area (Å²) in [7, 11) is 1.40. The molecule has 2 aromatic carbocycles. The van der Waals surface area contributed by atoms with Crippen LogP contribution in [-0.4, -0.2) is 34.5 Å². The van der Waals surface area contributed by atoms with Gasteiger partial charge in [0, 0.05) is 54.2 Å². The van der Waals surface area contributed by atoms with Gasteiger partial charge in [0.25, 0.3) is 0 Å². The number of aromatic nitrogens is 2. The van der Waals surface area contributed by atoms with Crippen LogP contribution < -0.4 is 0 Å². The molecular formula is C29H31N3O2. The van der Waals surface area contributed by atoms with Crippen LogP contribution in [0.1, 0.15) is 46.0 Å². The van der Waals surface area contributed by atoms with Gasteiger partial charge in [-0.3, -0.25) is 4.90 Å². The lowest BCUT2D eigenvalue weighted by Crippen LogP contribution is -2.29. The maximum Gasteiger partial charge on any atom is 0.330 e. The Bertz CT molecular complexity index is 1320. The molecule has 174 valence electrons. The zero-order valence-corrected chi connectivity index (χ0v) is 19.8. The third-order valence-corrected chi connectivity index (χ3v) is 6.89. The number of hydrogen-bond donors (Lipinski definition) is 2. The molecule has 0 saturated carbocycles. The Morgan fingerprint density at radius 1 is 1.18 bits per heavy atom. The number of methoxy groups -OCH3 is 1. The third kappa shape index (κ3) is 4.70. The van der Waals surface area contributed by atoms with E-state index in [4.69, 9.17) is 4.74 Å². The Kier molecular flexibility index (Phi) is 6.37. The molecule has 0 spiro atoms. The van der Waals surface area contributed by atoms with Gasteiger partial charge in [-0.1, -0.05) is 30.3 Å². The molecule has 0 fully saturated rings. The lowest BCUT2D eigenvalue weighted by Gasteiger charge is -2.29. The van der Waals surface area contributed by atoms with Crippen LogP contribution in [0.5, 0.6) is 0 Å². The molecule has 1 atom stereocenters. The van der Waals surface area contributed by atoms with E-state index in [1.54, 1.807) is 0 Å². The topological polar surface area (TPSA) is 61.1 Å². The van der Waals surface area contributed by atoms with Gasteiger partial charge in [-0.05, 0) is 78.3 Å². The van der Waals surface area contributed by atoms with Crippen LogP contribution in [0.3, 0.4) is 0 Å².